The minimum Gasteiger partial charge on any atom is -0.394 e. The Morgan fingerprint density at radius 1 is 0.720 bits per heavy atom. The molecular formula is C14H27NO10. The van der Waals surface area contributed by atoms with E-state index in [1.807, 2.05) is 0 Å². The first kappa shape index (κ1) is 20.9. The third kappa shape index (κ3) is 4.28. The average Bonchev–Trinajstić information content (AvgIpc) is 2.61. The van der Waals surface area contributed by atoms with Crippen molar-refractivity contribution in [2.24, 2.45) is 5.73 Å². The highest BCUT2D eigenvalue weighted by atomic mass is 16.7. The molecule has 11 heteroatoms. The molecule has 0 unspecified atom stereocenters. The Hall–Kier alpha value is -0.440. The minimum absolute atomic E-state index is 0.199. The predicted molar refractivity (Wildman–Crippen MR) is 80.1 cm³/mol. The summed E-state index contributed by atoms with van der Waals surface area (Å²) < 4.78 is 16.1. The van der Waals surface area contributed by atoms with Crippen LogP contribution in [0.3, 0.4) is 0 Å². The summed E-state index contributed by atoms with van der Waals surface area (Å²) in [6.45, 7) is -0.989. The largest absolute Gasteiger partial charge is 0.394 e. The summed E-state index contributed by atoms with van der Waals surface area (Å²) in [4.78, 5) is 0. The number of nitrogens with two attached hydrogens (primary N) is 1. The van der Waals surface area contributed by atoms with Crippen LogP contribution in [-0.4, -0.2) is 117 Å². The highest BCUT2D eigenvalue weighted by molar-refractivity contribution is 4.95. The first-order chi connectivity index (χ1) is 11.8. The second-order valence-corrected chi connectivity index (χ2v) is 6.25. The molecule has 0 amide bonds. The van der Waals surface area contributed by atoms with Crippen molar-refractivity contribution >= 4 is 0 Å². The second-order valence-electron chi connectivity index (χ2n) is 6.25. The second kappa shape index (κ2) is 8.97. The molecule has 2 aliphatic rings. The Kier molecular flexibility index (Phi) is 7.49. The molecule has 9 N–H and O–H groups in total. The van der Waals surface area contributed by atoms with Gasteiger partial charge in [0.2, 0.25) is 0 Å². The fourth-order valence-corrected chi connectivity index (χ4v) is 3.07. The quantitative estimate of drug-likeness (QED) is 0.223. The van der Waals surface area contributed by atoms with Gasteiger partial charge in [0.05, 0.1) is 19.3 Å². The zero-order valence-electron chi connectivity index (χ0n) is 13.5. The Morgan fingerprint density at radius 2 is 1.32 bits per heavy atom. The normalized spacial score (nSPS) is 48.5. The van der Waals surface area contributed by atoms with Gasteiger partial charge in [-0.15, -0.1) is 0 Å². The number of ether oxygens (including phenoxy) is 3. The lowest BCUT2D eigenvalue weighted by Gasteiger charge is -2.46. The van der Waals surface area contributed by atoms with Gasteiger partial charge in [0.15, 0.2) is 6.29 Å². The van der Waals surface area contributed by atoms with Gasteiger partial charge < -0.3 is 55.7 Å². The Bertz CT molecular complexity index is 411. The molecule has 0 aromatic rings. The topological polar surface area (TPSA) is 195 Å². The number of rotatable bonds is 6. The highest BCUT2D eigenvalue weighted by Gasteiger charge is 2.50. The van der Waals surface area contributed by atoms with Crippen LogP contribution in [0, 0.1) is 0 Å². The maximum Gasteiger partial charge on any atom is 0.187 e. The predicted octanol–water partition coefficient (Wildman–Crippen LogP) is -5.00. The van der Waals surface area contributed by atoms with E-state index in [-0.39, 0.29) is 13.0 Å². The van der Waals surface area contributed by atoms with E-state index in [0.29, 0.717) is 0 Å². The van der Waals surface area contributed by atoms with Crippen LogP contribution in [0.2, 0.25) is 0 Å². The molecule has 11 nitrogen and oxygen atoms in total. The summed E-state index contributed by atoms with van der Waals surface area (Å²) >= 11 is 0. The zero-order valence-corrected chi connectivity index (χ0v) is 13.5. The first-order valence-corrected chi connectivity index (χ1v) is 8.14. The molecule has 2 aliphatic heterocycles. The van der Waals surface area contributed by atoms with Crippen LogP contribution < -0.4 is 5.73 Å². The first-order valence-electron chi connectivity index (χ1n) is 8.14. The van der Waals surface area contributed by atoms with Gasteiger partial charge in [-0.25, -0.2) is 0 Å². The summed E-state index contributed by atoms with van der Waals surface area (Å²) in [5.74, 6) is 0. The van der Waals surface area contributed by atoms with E-state index in [4.69, 9.17) is 19.9 Å². The number of aliphatic hydroxyl groups is 7. The van der Waals surface area contributed by atoms with E-state index >= 15 is 0 Å². The van der Waals surface area contributed by atoms with Crippen molar-refractivity contribution in [1.82, 2.24) is 0 Å². The lowest BCUT2D eigenvalue weighted by Crippen LogP contribution is -2.64. The van der Waals surface area contributed by atoms with E-state index in [9.17, 15) is 35.7 Å². The fraction of sp³-hybridized carbons (Fsp3) is 1.00. The number of aliphatic hydroxyl groups excluding tert-OH is 7. The van der Waals surface area contributed by atoms with Crippen molar-refractivity contribution < 1.29 is 50.0 Å². The van der Waals surface area contributed by atoms with E-state index in [1.54, 1.807) is 0 Å². The third-order valence-electron chi connectivity index (χ3n) is 4.55. The Morgan fingerprint density at radius 3 is 1.88 bits per heavy atom. The van der Waals surface area contributed by atoms with Crippen molar-refractivity contribution in [2.75, 3.05) is 19.8 Å². The molecule has 0 bridgehead atoms. The van der Waals surface area contributed by atoms with Crippen LogP contribution in [0.5, 0.6) is 0 Å². The van der Waals surface area contributed by atoms with Gasteiger partial charge in [-0.1, -0.05) is 0 Å². The van der Waals surface area contributed by atoms with Crippen LogP contribution >= 0.6 is 0 Å². The molecule has 0 aromatic carbocycles. The van der Waals surface area contributed by atoms with E-state index in [0.717, 1.165) is 0 Å². The van der Waals surface area contributed by atoms with Crippen molar-refractivity contribution in [2.45, 2.75) is 67.6 Å². The van der Waals surface area contributed by atoms with Gasteiger partial charge in [-0.05, 0) is 13.0 Å². The standard InChI is InChI=1S/C14H27NO10/c15-2-1-5-8(18)11(21)13(7(4-17)23-5)25-14-12(22)10(20)9(19)6(3-16)24-14/h5-14,16-22H,1-4,15H2/t5-,6+,7+,8-,9-,10-,11+,12+,13+,14-/m0/s1. The molecular weight excluding hydrogens is 342 g/mol. The number of hydrogen-bond acceptors (Lipinski definition) is 11. The molecule has 148 valence electrons. The molecule has 10 atom stereocenters. The van der Waals surface area contributed by atoms with Crippen molar-refractivity contribution in [3.63, 3.8) is 0 Å². The summed E-state index contributed by atoms with van der Waals surface area (Å²) in [6.07, 6.45) is -13.3. The summed E-state index contributed by atoms with van der Waals surface area (Å²) in [7, 11) is 0. The Balaban J connectivity index is 2.11. The van der Waals surface area contributed by atoms with Gasteiger partial charge in [-0.3, -0.25) is 0 Å². The van der Waals surface area contributed by atoms with Crippen molar-refractivity contribution in [3.8, 4) is 0 Å². The summed E-state index contributed by atoms with van der Waals surface area (Å²) in [6, 6.07) is 0. The van der Waals surface area contributed by atoms with Gasteiger partial charge in [0.25, 0.3) is 0 Å². The van der Waals surface area contributed by atoms with Gasteiger partial charge in [0, 0.05) is 0 Å². The highest BCUT2D eigenvalue weighted by Crippen LogP contribution is 2.29. The van der Waals surface area contributed by atoms with Gasteiger partial charge >= 0.3 is 0 Å². The van der Waals surface area contributed by atoms with Crippen molar-refractivity contribution in [1.29, 1.82) is 0 Å². The van der Waals surface area contributed by atoms with E-state index < -0.39 is 74.4 Å². The molecule has 2 rings (SSSR count). The summed E-state index contributed by atoms with van der Waals surface area (Å²) in [5.41, 5.74) is 5.42. The van der Waals surface area contributed by atoms with Crippen LogP contribution in [0.1, 0.15) is 6.42 Å². The molecule has 2 heterocycles. The maximum absolute atomic E-state index is 10.3. The van der Waals surface area contributed by atoms with Gasteiger partial charge in [-0.2, -0.15) is 0 Å². The fourth-order valence-electron chi connectivity index (χ4n) is 3.07. The molecule has 25 heavy (non-hydrogen) atoms. The number of hydrogen-bond donors (Lipinski definition) is 8. The maximum atomic E-state index is 10.3. The Labute approximate surface area is 144 Å². The third-order valence-corrected chi connectivity index (χ3v) is 4.55. The van der Waals surface area contributed by atoms with Crippen LogP contribution in [0.4, 0.5) is 0 Å². The molecule has 0 aliphatic carbocycles. The minimum atomic E-state index is -1.68. The van der Waals surface area contributed by atoms with E-state index in [2.05, 4.69) is 0 Å². The summed E-state index contributed by atoms with van der Waals surface area (Å²) in [5, 5.41) is 68.6. The molecule has 0 radical (unpaired) electrons. The molecule has 0 spiro atoms. The molecule has 2 fully saturated rings. The van der Waals surface area contributed by atoms with E-state index in [1.165, 1.54) is 0 Å². The monoisotopic (exact) mass is 369 g/mol. The van der Waals surface area contributed by atoms with Gasteiger partial charge in [0.1, 0.15) is 48.8 Å². The van der Waals surface area contributed by atoms with Crippen LogP contribution in [-0.2, 0) is 14.2 Å². The zero-order chi connectivity index (χ0) is 18.7. The lowest BCUT2D eigenvalue weighted by atomic mass is 9.93. The smallest absolute Gasteiger partial charge is 0.187 e. The molecule has 0 aromatic heterocycles. The van der Waals surface area contributed by atoms with Crippen LogP contribution in [0.15, 0.2) is 0 Å². The SMILES string of the molecule is NCC[C@@H]1O[C@H](CO)[C@@H](O[C@@H]2O[C@H](CO)[C@H](O)[C@H](O)[C@H]2O)[C@H](O)[C@H]1O. The lowest BCUT2D eigenvalue weighted by molar-refractivity contribution is -0.342. The molecule has 0 saturated carbocycles. The average molecular weight is 369 g/mol. The van der Waals surface area contributed by atoms with Crippen LogP contribution in [0.25, 0.3) is 0 Å². The molecule has 2 saturated heterocycles. The van der Waals surface area contributed by atoms with Crippen molar-refractivity contribution in [3.05, 3.63) is 0 Å².